The predicted molar refractivity (Wildman–Crippen MR) is 55.3 cm³/mol. The molecule has 0 aromatic heterocycles. The van der Waals surface area contributed by atoms with Crippen LogP contribution >= 0.6 is 0 Å². The molecule has 2 atom stereocenters. The molecular formula is C9H18N2O2S. The maximum atomic E-state index is 11.9. The second-order valence-electron chi connectivity index (χ2n) is 4.66. The second kappa shape index (κ2) is 3.47. The number of hydrogen-bond acceptors (Lipinski definition) is 3. The summed E-state index contributed by atoms with van der Waals surface area (Å²) < 4.78 is 25.4. The van der Waals surface area contributed by atoms with Gasteiger partial charge >= 0.3 is 0 Å². The van der Waals surface area contributed by atoms with Crippen molar-refractivity contribution in [3.63, 3.8) is 0 Å². The molecule has 14 heavy (non-hydrogen) atoms. The Balaban J connectivity index is 2.09. The number of hydrogen-bond donors (Lipinski definition) is 1. The maximum absolute atomic E-state index is 11.9. The van der Waals surface area contributed by atoms with E-state index < -0.39 is 10.0 Å². The Morgan fingerprint density at radius 3 is 2.43 bits per heavy atom. The van der Waals surface area contributed by atoms with Gasteiger partial charge in [-0.05, 0) is 25.2 Å². The van der Waals surface area contributed by atoms with Crippen LogP contribution in [0.2, 0.25) is 0 Å². The number of piperidine rings is 1. The van der Waals surface area contributed by atoms with E-state index in [2.05, 4.69) is 6.92 Å². The Morgan fingerprint density at radius 2 is 1.93 bits per heavy atom. The third-order valence-corrected chi connectivity index (χ3v) is 5.30. The molecule has 2 N–H and O–H groups in total. The molecule has 5 heteroatoms. The Bertz CT molecular complexity index is 301. The highest BCUT2D eigenvalue weighted by Gasteiger charge is 2.42. The molecule has 1 aliphatic carbocycles. The van der Waals surface area contributed by atoms with Gasteiger partial charge in [-0.25, -0.2) is 8.42 Å². The van der Waals surface area contributed by atoms with Crippen molar-refractivity contribution < 1.29 is 8.42 Å². The summed E-state index contributed by atoms with van der Waals surface area (Å²) >= 11 is 0. The molecule has 0 aromatic carbocycles. The van der Waals surface area contributed by atoms with Crippen LogP contribution in [-0.2, 0) is 10.0 Å². The van der Waals surface area contributed by atoms with Crippen LogP contribution in [0.15, 0.2) is 0 Å². The molecule has 1 saturated heterocycles. The maximum Gasteiger partial charge on any atom is 0.217 e. The van der Waals surface area contributed by atoms with Gasteiger partial charge in [-0.1, -0.05) is 6.92 Å². The van der Waals surface area contributed by atoms with Gasteiger partial charge in [-0.15, -0.1) is 0 Å². The van der Waals surface area contributed by atoms with Crippen molar-refractivity contribution in [2.75, 3.05) is 13.1 Å². The van der Waals surface area contributed by atoms with E-state index in [0.29, 0.717) is 19.0 Å². The summed E-state index contributed by atoms with van der Waals surface area (Å²) in [5.74, 6) is 0.396. The van der Waals surface area contributed by atoms with Crippen LogP contribution in [0, 0.1) is 5.92 Å². The van der Waals surface area contributed by atoms with Crippen molar-refractivity contribution >= 4 is 10.0 Å². The minimum atomic E-state index is -3.00. The first-order valence-corrected chi connectivity index (χ1v) is 6.75. The van der Waals surface area contributed by atoms with Gasteiger partial charge in [0.15, 0.2) is 0 Å². The summed E-state index contributed by atoms with van der Waals surface area (Å²) in [4.78, 5) is 0. The zero-order valence-electron chi connectivity index (χ0n) is 8.52. The molecule has 1 heterocycles. The first-order chi connectivity index (χ1) is 6.50. The van der Waals surface area contributed by atoms with Crippen LogP contribution in [0.4, 0.5) is 0 Å². The Morgan fingerprint density at radius 1 is 1.29 bits per heavy atom. The monoisotopic (exact) mass is 218 g/mol. The molecule has 4 nitrogen and oxygen atoms in total. The number of rotatable bonds is 2. The topological polar surface area (TPSA) is 63.4 Å². The lowest BCUT2D eigenvalue weighted by Gasteiger charge is -2.33. The molecule has 82 valence electrons. The lowest BCUT2D eigenvalue weighted by atomic mass is 9.99. The van der Waals surface area contributed by atoms with Crippen LogP contribution in [0.25, 0.3) is 0 Å². The van der Waals surface area contributed by atoms with E-state index in [-0.39, 0.29) is 11.3 Å². The summed E-state index contributed by atoms with van der Waals surface area (Å²) in [6, 6.07) is 0.0206. The van der Waals surface area contributed by atoms with Crippen molar-refractivity contribution in [2.45, 2.75) is 37.5 Å². The molecule has 0 aromatic rings. The fraction of sp³-hybridized carbons (Fsp3) is 1.00. The molecule has 2 fully saturated rings. The summed E-state index contributed by atoms with van der Waals surface area (Å²) in [7, 11) is -3.00. The first-order valence-electron chi connectivity index (χ1n) is 5.24. The standard InChI is InChI=1S/C9H18N2O2S/c1-7-4-8(10)6-11(5-7)14(12,13)9-2-3-9/h7-9H,2-6,10H2,1H3. The normalized spacial score (nSPS) is 35.9. The number of nitrogens with two attached hydrogens (primary N) is 1. The summed E-state index contributed by atoms with van der Waals surface area (Å²) in [5, 5.41) is -0.0972. The Hall–Kier alpha value is -0.130. The summed E-state index contributed by atoms with van der Waals surface area (Å²) in [6.45, 7) is 3.24. The van der Waals surface area contributed by atoms with Gasteiger partial charge in [0.2, 0.25) is 10.0 Å². The van der Waals surface area contributed by atoms with Crippen LogP contribution in [0.5, 0.6) is 0 Å². The van der Waals surface area contributed by atoms with Gasteiger partial charge in [0.1, 0.15) is 0 Å². The van der Waals surface area contributed by atoms with Gasteiger partial charge in [0, 0.05) is 19.1 Å². The van der Waals surface area contributed by atoms with E-state index >= 15 is 0 Å². The lowest BCUT2D eigenvalue weighted by Crippen LogP contribution is -2.49. The number of sulfonamides is 1. The van der Waals surface area contributed by atoms with Gasteiger partial charge in [0.05, 0.1) is 5.25 Å². The van der Waals surface area contributed by atoms with E-state index in [1.54, 1.807) is 4.31 Å². The van der Waals surface area contributed by atoms with E-state index in [9.17, 15) is 8.42 Å². The highest BCUT2D eigenvalue weighted by molar-refractivity contribution is 7.90. The summed E-state index contributed by atoms with van der Waals surface area (Å²) in [5.41, 5.74) is 5.83. The Kier molecular flexibility index (Phi) is 2.57. The summed E-state index contributed by atoms with van der Waals surface area (Å²) in [6.07, 6.45) is 2.61. The average molecular weight is 218 g/mol. The minimum Gasteiger partial charge on any atom is -0.326 e. The largest absolute Gasteiger partial charge is 0.326 e. The molecule has 2 aliphatic rings. The van der Waals surface area contributed by atoms with Crippen LogP contribution < -0.4 is 5.73 Å². The molecule has 0 radical (unpaired) electrons. The first kappa shape index (κ1) is 10.4. The van der Waals surface area contributed by atoms with Crippen LogP contribution in [-0.4, -0.2) is 37.1 Å². The number of nitrogens with zero attached hydrogens (tertiary/aromatic N) is 1. The van der Waals surface area contributed by atoms with Crippen molar-refractivity contribution in [2.24, 2.45) is 11.7 Å². The minimum absolute atomic E-state index is 0.0206. The third-order valence-electron chi connectivity index (χ3n) is 2.96. The highest BCUT2D eigenvalue weighted by Crippen LogP contribution is 2.32. The molecule has 2 unspecified atom stereocenters. The van der Waals surface area contributed by atoms with E-state index in [4.69, 9.17) is 5.73 Å². The molecular weight excluding hydrogens is 200 g/mol. The zero-order valence-corrected chi connectivity index (χ0v) is 9.33. The van der Waals surface area contributed by atoms with Crippen LogP contribution in [0.3, 0.4) is 0 Å². The molecule has 0 bridgehead atoms. The van der Waals surface area contributed by atoms with Crippen molar-refractivity contribution in [1.82, 2.24) is 4.31 Å². The van der Waals surface area contributed by atoms with Crippen molar-refractivity contribution in [3.8, 4) is 0 Å². The van der Waals surface area contributed by atoms with Gasteiger partial charge in [0.25, 0.3) is 0 Å². The molecule has 1 saturated carbocycles. The zero-order chi connectivity index (χ0) is 10.3. The molecule has 0 spiro atoms. The Labute approximate surface area is 85.5 Å². The van der Waals surface area contributed by atoms with E-state index in [1.807, 2.05) is 0 Å². The fourth-order valence-corrected chi connectivity index (χ4v) is 4.15. The lowest BCUT2D eigenvalue weighted by molar-refractivity contribution is 0.254. The second-order valence-corrected chi connectivity index (χ2v) is 6.88. The third kappa shape index (κ3) is 1.94. The van der Waals surface area contributed by atoms with Gasteiger partial charge in [-0.2, -0.15) is 4.31 Å². The van der Waals surface area contributed by atoms with Gasteiger partial charge < -0.3 is 5.73 Å². The van der Waals surface area contributed by atoms with E-state index in [1.165, 1.54) is 0 Å². The average Bonchev–Trinajstić information content (AvgIpc) is 2.83. The van der Waals surface area contributed by atoms with Crippen LogP contribution in [0.1, 0.15) is 26.2 Å². The quantitative estimate of drug-likeness (QED) is 0.717. The SMILES string of the molecule is CC1CC(N)CN(S(=O)(=O)C2CC2)C1. The van der Waals surface area contributed by atoms with Gasteiger partial charge in [-0.3, -0.25) is 0 Å². The highest BCUT2D eigenvalue weighted by atomic mass is 32.2. The van der Waals surface area contributed by atoms with Crippen molar-refractivity contribution in [1.29, 1.82) is 0 Å². The predicted octanol–water partition coefficient (Wildman–Crippen LogP) is 0.148. The molecule has 2 rings (SSSR count). The molecule has 1 aliphatic heterocycles. The molecule has 0 amide bonds. The van der Waals surface area contributed by atoms with Crippen molar-refractivity contribution in [3.05, 3.63) is 0 Å². The van der Waals surface area contributed by atoms with E-state index in [0.717, 1.165) is 19.3 Å². The fourth-order valence-electron chi connectivity index (χ4n) is 2.13. The smallest absolute Gasteiger partial charge is 0.217 e.